The summed E-state index contributed by atoms with van der Waals surface area (Å²) >= 11 is 0. The van der Waals surface area contributed by atoms with Gasteiger partial charge in [0.05, 0.1) is 0 Å². The molecule has 0 spiro atoms. The van der Waals surface area contributed by atoms with E-state index < -0.39 is 0 Å². The molecule has 0 aliphatic heterocycles. The van der Waals surface area contributed by atoms with E-state index in [-0.39, 0.29) is 0 Å². The molecule has 0 saturated heterocycles. The first-order valence-corrected chi connectivity index (χ1v) is 4.74. The van der Waals surface area contributed by atoms with Crippen LogP contribution >= 0.6 is 0 Å². The first-order valence-electron chi connectivity index (χ1n) is 4.74. The number of rotatable bonds is 2. The van der Waals surface area contributed by atoms with E-state index in [4.69, 9.17) is 0 Å². The summed E-state index contributed by atoms with van der Waals surface area (Å²) in [4.78, 5) is 0. The molecule has 0 nitrogen and oxygen atoms in total. The molecule has 1 unspecified atom stereocenters. The van der Waals surface area contributed by atoms with Gasteiger partial charge in [-0.3, -0.25) is 0 Å². The molecule has 1 aliphatic rings. The zero-order valence-electron chi connectivity index (χ0n) is 7.69. The molecular weight excluding hydrogens is 132 g/mol. The quantitative estimate of drug-likeness (QED) is 0.530. The van der Waals surface area contributed by atoms with E-state index in [0.29, 0.717) is 0 Å². The SMILES string of the molecule is CC#CCC(C)C1CCCC1. The van der Waals surface area contributed by atoms with Gasteiger partial charge in [0.2, 0.25) is 0 Å². The Balaban J connectivity index is 2.26. The van der Waals surface area contributed by atoms with Gasteiger partial charge in [-0.05, 0) is 18.8 Å². The smallest absolute Gasteiger partial charge is 0.0117 e. The van der Waals surface area contributed by atoms with E-state index in [9.17, 15) is 0 Å². The molecule has 0 aromatic rings. The Morgan fingerprint density at radius 1 is 1.36 bits per heavy atom. The molecule has 0 heteroatoms. The van der Waals surface area contributed by atoms with Gasteiger partial charge in [0.25, 0.3) is 0 Å². The zero-order chi connectivity index (χ0) is 8.10. The third-order valence-electron chi connectivity index (χ3n) is 2.81. The number of hydrogen-bond acceptors (Lipinski definition) is 0. The first-order chi connectivity index (χ1) is 5.34. The Labute approximate surface area is 70.4 Å². The van der Waals surface area contributed by atoms with Crippen LogP contribution in [0.3, 0.4) is 0 Å². The van der Waals surface area contributed by atoms with Crippen molar-refractivity contribution >= 4 is 0 Å². The van der Waals surface area contributed by atoms with Crippen molar-refractivity contribution in [3.8, 4) is 11.8 Å². The fourth-order valence-electron chi connectivity index (χ4n) is 1.96. The minimum Gasteiger partial charge on any atom is -0.107 e. The molecular formula is C11H18. The van der Waals surface area contributed by atoms with Gasteiger partial charge in [0, 0.05) is 6.42 Å². The van der Waals surface area contributed by atoms with Gasteiger partial charge in [-0.1, -0.05) is 32.6 Å². The molecule has 0 radical (unpaired) electrons. The second kappa shape index (κ2) is 4.44. The van der Waals surface area contributed by atoms with Crippen LogP contribution < -0.4 is 0 Å². The molecule has 0 N–H and O–H groups in total. The van der Waals surface area contributed by atoms with E-state index in [1.54, 1.807) is 0 Å². The molecule has 0 amide bonds. The second-order valence-electron chi connectivity index (χ2n) is 3.65. The van der Waals surface area contributed by atoms with Gasteiger partial charge in [-0.15, -0.1) is 11.8 Å². The Morgan fingerprint density at radius 3 is 2.55 bits per heavy atom. The lowest BCUT2D eigenvalue weighted by atomic mass is 9.90. The van der Waals surface area contributed by atoms with Crippen molar-refractivity contribution < 1.29 is 0 Å². The summed E-state index contributed by atoms with van der Waals surface area (Å²) in [7, 11) is 0. The van der Waals surface area contributed by atoms with Gasteiger partial charge in [-0.25, -0.2) is 0 Å². The minimum absolute atomic E-state index is 0.838. The molecule has 62 valence electrons. The first kappa shape index (κ1) is 8.65. The van der Waals surface area contributed by atoms with Crippen LogP contribution in [0.2, 0.25) is 0 Å². The summed E-state index contributed by atoms with van der Waals surface area (Å²) in [5.41, 5.74) is 0. The van der Waals surface area contributed by atoms with Crippen LogP contribution in [0, 0.1) is 23.7 Å². The lowest BCUT2D eigenvalue weighted by Gasteiger charge is -2.15. The van der Waals surface area contributed by atoms with Crippen LogP contribution in [0.5, 0.6) is 0 Å². The lowest BCUT2D eigenvalue weighted by molar-refractivity contribution is 0.374. The fourth-order valence-corrected chi connectivity index (χ4v) is 1.96. The largest absolute Gasteiger partial charge is 0.107 e. The zero-order valence-corrected chi connectivity index (χ0v) is 7.69. The molecule has 0 aromatic carbocycles. The van der Waals surface area contributed by atoms with Crippen molar-refractivity contribution in [1.29, 1.82) is 0 Å². The minimum atomic E-state index is 0.838. The van der Waals surface area contributed by atoms with Gasteiger partial charge >= 0.3 is 0 Å². The molecule has 1 rings (SSSR count). The highest BCUT2D eigenvalue weighted by Crippen LogP contribution is 2.32. The Bertz CT molecular complexity index is 153. The predicted molar refractivity (Wildman–Crippen MR) is 49.2 cm³/mol. The molecule has 1 fully saturated rings. The van der Waals surface area contributed by atoms with Crippen molar-refractivity contribution in [2.45, 2.75) is 46.0 Å². The van der Waals surface area contributed by atoms with E-state index in [0.717, 1.165) is 18.3 Å². The maximum Gasteiger partial charge on any atom is 0.0117 e. The molecule has 1 saturated carbocycles. The summed E-state index contributed by atoms with van der Waals surface area (Å²) in [5, 5.41) is 0. The van der Waals surface area contributed by atoms with Gasteiger partial charge in [0.1, 0.15) is 0 Å². The monoisotopic (exact) mass is 150 g/mol. The lowest BCUT2D eigenvalue weighted by Crippen LogP contribution is -2.06. The highest BCUT2D eigenvalue weighted by Gasteiger charge is 2.20. The van der Waals surface area contributed by atoms with Gasteiger partial charge in [0.15, 0.2) is 0 Å². The maximum atomic E-state index is 3.17. The highest BCUT2D eigenvalue weighted by molar-refractivity contribution is 4.97. The van der Waals surface area contributed by atoms with E-state index in [1.165, 1.54) is 25.7 Å². The maximum absolute atomic E-state index is 3.17. The molecule has 1 atom stereocenters. The molecule has 1 aliphatic carbocycles. The second-order valence-corrected chi connectivity index (χ2v) is 3.65. The van der Waals surface area contributed by atoms with Crippen LogP contribution in [0.1, 0.15) is 46.0 Å². The van der Waals surface area contributed by atoms with Crippen molar-refractivity contribution in [3.63, 3.8) is 0 Å². The van der Waals surface area contributed by atoms with Crippen LogP contribution in [0.15, 0.2) is 0 Å². The summed E-state index contributed by atoms with van der Waals surface area (Å²) in [6, 6.07) is 0. The third-order valence-corrected chi connectivity index (χ3v) is 2.81. The molecule has 0 bridgehead atoms. The van der Waals surface area contributed by atoms with Crippen molar-refractivity contribution in [1.82, 2.24) is 0 Å². The summed E-state index contributed by atoms with van der Waals surface area (Å²) in [6.45, 7) is 4.28. The molecule has 0 aromatic heterocycles. The fraction of sp³-hybridized carbons (Fsp3) is 0.818. The number of hydrogen-bond donors (Lipinski definition) is 0. The predicted octanol–water partition coefficient (Wildman–Crippen LogP) is 3.23. The van der Waals surface area contributed by atoms with Crippen LogP contribution in [0.4, 0.5) is 0 Å². The standard InChI is InChI=1S/C11H18/c1-3-4-7-10(2)11-8-5-6-9-11/h10-11H,5-9H2,1-2H3. The highest BCUT2D eigenvalue weighted by atomic mass is 14.2. The average molecular weight is 150 g/mol. The molecule has 11 heavy (non-hydrogen) atoms. The van der Waals surface area contributed by atoms with Crippen LogP contribution in [-0.2, 0) is 0 Å². The Morgan fingerprint density at radius 2 is 2.00 bits per heavy atom. The average Bonchev–Trinajstić information content (AvgIpc) is 2.52. The third kappa shape index (κ3) is 2.58. The Hall–Kier alpha value is -0.440. The topological polar surface area (TPSA) is 0 Å². The summed E-state index contributed by atoms with van der Waals surface area (Å²) < 4.78 is 0. The van der Waals surface area contributed by atoms with Gasteiger partial charge in [-0.2, -0.15) is 0 Å². The van der Waals surface area contributed by atoms with E-state index in [2.05, 4.69) is 18.8 Å². The molecule has 0 heterocycles. The van der Waals surface area contributed by atoms with Crippen LogP contribution in [-0.4, -0.2) is 0 Å². The normalized spacial score (nSPS) is 20.9. The van der Waals surface area contributed by atoms with Gasteiger partial charge < -0.3 is 0 Å². The van der Waals surface area contributed by atoms with E-state index >= 15 is 0 Å². The van der Waals surface area contributed by atoms with E-state index in [1.807, 2.05) is 6.92 Å². The van der Waals surface area contributed by atoms with Crippen molar-refractivity contribution in [2.24, 2.45) is 11.8 Å². The Kier molecular flexibility index (Phi) is 3.49. The van der Waals surface area contributed by atoms with Crippen molar-refractivity contribution in [3.05, 3.63) is 0 Å². The summed E-state index contributed by atoms with van der Waals surface area (Å²) in [5.74, 6) is 7.97. The summed E-state index contributed by atoms with van der Waals surface area (Å²) in [6.07, 6.45) is 6.92. The van der Waals surface area contributed by atoms with Crippen LogP contribution in [0.25, 0.3) is 0 Å². The van der Waals surface area contributed by atoms with Crippen molar-refractivity contribution in [2.75, 3.05) is 0 Å².